The van der Waals surface area contributed by atoms with Crippen LogP contribution in [0, 0.1) is 5.92 Å². The zero-order chi connectivity index (χ0) is 23.3. The SMILES string of the molecule is COc1ccnc(C(=O)N[C@@H](C)C(=O)O[C@@H](C)[C@H](c2ccc(Cl)cc2Cl)C(C)C)c1O. The summed E-state index contributed by atoms with van der Waals surface area (Å²) in [6.07, 6.45) is 0.801. The van der Waals surface area contributed by atoms with E-state index in [9.17, 15) is 14.7 Å². The second-order valence-electron chi connectivity index (χ2n) is 7.48. The summed E-state index contributed by atoms with van der Waals surface area (Å²) < 4.78 is 10.6. The number of carbonyl (C=O) groups is 2. The van der Waals surface area contributed by atoms with Crippen molar-refractivity contribution in [2.45, 2.75) is 45.8 Å². The van der Waals surface area contributed by atoms with Gasteiger partial charge in [-0.2, -0.15) is 0 Å². The maximum absolute atomic E-state index is 12.6. The van der Waals surface area contributed by atoms with E-state index in [0.717, 1.165) is 5.56 Å². The molecule has 0 saturated carbocycles. The summed E-state index contributed by atoms with van der Waals surface area (Å²) in [6, 6.07) is 5.65. The van der Waals surface area contributed by atoms with Crippen LogP contribution in [0.2, 0.25) is 10.0 Å². The third kappa shape index (κ3) is 6.02. The molecule has 0 aliphatic heterocycles. The van der Waals surface area contributed by atoms with Gasteiger partial charge in [-0.3, -0.25) is 4.79 Å². The van der Waals surface area contributed by atoms with Gasteiger partial charge in [0.25, 0.3) is 5.91 Å². The molecular formula is C22H26Cl2N2O5. The molecule has 3 atom stereocenters. The highest BCUT2D eigenvalue weighted by molar-refractivity contribution is 6.35. The van der Waals surface area contributed by atoms with Gasteiger partial charge in [0.05, 0.1) is 7.11 Å². The third-order valence-corrected chi connectivity index (χ3v) is 5.43. The monoisotopic (exact) mass is 468 g/mol. The lowest BCUT2D eigenvalue weighted by Gasteiger charge is -2.29. The van der Waals surface area contributed by atoms with Gasteiger partial charge < -0.3 is 19.9 Å². The first-order valence-electron chi connectivity index (χ1n) is 9.75. The lowest BCUT2D eigenvalue weighted by atomic mass is 9.84. The summed E-state index contributed by atoms with van der Waals surface area (Å²) in [5.74, 6) is -1.73. The molecule has 1 aromatic heterocycles. The van der Waals surface area contributed by atoms with E-state index in [1.54, 1.807) is 19.1 Å². The van der Waals surface area contributed by atoms with Gasteiger partial charge in [-0.05, 0) is 37.5 Å². The van der Waals surface area contributed by atoms with Crippen LogP contribution < -0.4 is 10.1 Å². The van der Waals surface area contributed by atoms with Crippen LogP contribution in [0.1, 0.15) is 49.7 Å². The molecule has 0 unspecified atom stereocenters. The Morgan fingerprint density at radius 3 is 2.39 bits per heavy atom. The predicted octanol–water partition coefficient (Wildman–Crippen LogP) is 4.59. The van der Waals surface area contributed by atoms with Crippen molar-refractivity contribution < 1.29 is 24.2 Å². The van der Waals surface area contributed by atoms with Crippen LogP contribution in [-0.4, -0.2) is 41.2 Å². The first kappa shape index (κ1) is 24.8. The van der Waals surface area contributed by atoms with E-state index in [1.807, 2.05) is 19.9 Å². The predicted molar refractivity (Wildman–Crippen MR) is 119 cm³/mol. The Kier molecular flexibility index (Phi) is 8.53. The number of pyridine rings is 1. The van der Waals surface area contributed by atoms with Crippen molar-refractivity contribution in [1.82, 2.24) is 10.3 Å². The molecule has 2 aromatic rings. The number of rotatable bonds is 8. The maximum Gasteiger partial charge on any atom is 0.328 e. The molecule has 0 fully saturated rings. The maximum atomic E-state index is 12.6. The van der Waals surface area contributed by atoms with Crippen LogP contribution in [0.15, 0.2) is 30.5 Å². The molecular weight excluding hydrogens is 443 g/mol. The average molecular weight is 469 g/mol. The third-order valence-electron chi connectivity index (χ3n) is 4.87. The van der Waals surface area contributed by atoms with E-state index in [2.05, 4.69) is 10.3 Å². The smallest absolute Gasteiger partial charge is 0.328 e. The quantitative estimate of drug-likeness (QED) is 0.549. The standard InChI is InChI=1S/C22H26Cl2N2O5/c1-11(2)18(15-7-6-14(23)10-16(15)24)13(4)31-22(29)12(3)26-21(28)19-20(27)17(30-5)8-9-25-19/h6-13,18,27H,1-5H3,(H,26,28)/t12-,13-,18+/m0/s1. The molecule has 2 N–H and O–H groups in total. The minimum absolute atomic E-state index is 0.101. The average Bonchev–Trinajstić information content (AvgIpc) is 2.69. The molecule has 168 valence electrons. The Bertz CT molecular complexity index is 951. The first-order chi connectivity index (χ1) is 14.6. The number of nitrogens with zero attached hydrogens (tertiary/aromatic N) is 1. The highest BCUT2D eigenvalue weighted by Crippen LogP contribution is 2.36. The number of benzene rings is 1. The molecule has 2 rings (SSSR count). The molecule has 0 saturated heterocycles. The normalized spacial score (nSPS) is 13.9. The fourth-order valence-corrected chi connectivity index (χ4v) is 3.91. The number of nitrogens with one attached hydrogen (secondary N) is 1. The lowest BCUT2D eigenvalue weighted by Crippen LogP contribution is -2.42. The minimum atomic E-state index is -0.976. The molecule has 7 nitrogen and oxygen atoms in total. The van der Waals surface area contributed by atoms with Crippen molar-refractivity contribution in [1.29, 1.82) is 0 Å². The molecule has 0 spiro atoms. The highest BCUT2D eigenvalue weighted by atomic mass is 35.5. The van der Waals surface area contributed by atoms with E-state index >= 15 is 0 Å². The fourth-order valence-electron chi connectivity index (χ4n) is 3.38. The number of halogens is 2. The number of aromatic hydroxyl groups is 1. The van der Waals surface area contributed by atoms with Gasteiger partial charge in [0.15, 0.2) is 17.2 Å². The number of ether oxygens (including phenoxy) is 2. The van der Waals surface area contributed by atoms with Crippen LogP contribution in [0.25, 0.3) is 0 Å². The van der Waals surface area contributed by atoms with Gasteiger partial charge in [0, 0.05) is 28.2 Å². The Morgan fingerprint density at radius 2 is 1.81 bits per heavy atom. The molecule has 0 aliphatic rings. The second-order valence-corrected chi connectivity index (χ2v) is 8.33. The topological polar surface area (TPSA) is 97.8 Å². The van der Waals surface area contributed by atoms with Crippen LogP contribution in [0.5, 0.6) is 11.5 Å². The summed E-state index contributed by atoms with van der Waals surface area (Å²) in [4.78, 5) is 28.9. The highest BCUT2D eigenvalue weighted by Gasteiger charge is 2.30. The van der Waals surface area contributed by atoms with E-state index in [4.69, 9.17) is 32.7 Å². The number of hydrogen-bond acceptors (Lipinski definition) is 6. The zero-order valence-electron chi connectivity index (χ0n) is 18.0. The second kappa shape index (κ2) is 10.7. The number of aromatic nitrogens is 1. The number of amides is 1. The van der Waals surface area contributed by atoms with Gasteiger partial charge in [-0.15, -0.1) is 0 Å². The molecule has 1 amide bonds. The summed E-state index contributed by atoms with van der Waals surface area (Å²) in [5, 5.41) is 13.6. The summed E-state index contributed by atoms with van der Waals surface area (Å²) in [5.41, 5.74) is 0.573. The van der Waals surface area contributed by atoms with Crippen molar-refractivity contribution in [3.05, 3.63) is 51.8 Å². The van der Waals surface area contributed by atoms with Crippen molar-refractivity contribution >= 4 is 35.1 Å². The van der Waals surface area contributed by atoms with E-state index in [1.165, 1.54) is 26.3 Å². The van der Waals surface area contributed by atoms with Gasteiger partial charge in [-0.25, -0.2) is 9.78 Å². The number of esters is 1. The molecule has 1 aromatic carbocycles. The van der Waals surface area contributed by atoms with Crippen molar-refractivity contribution in [3.8, 4) is 11.5 Å². The summed E-state index contributed by atoms with van der Waals surface area (Å²) in [7, 11) is 1.36. The summed E-state index contributed by atoms with van der Waals surface area (Å²) >= 11 is 12.4. The first-order valence-corrected chi connectivity index (χ1v) is 10.5. The van der Waals surface area contributed by atoms with Crippen LogP contribution in [-0.2, 0) is 9.53 Å². The Morgan fingerprint density at radius 1 is 1.13 bits per heavy atom. The fraction of sp³-hybridized carbons (Fsp3) is 0.409. The minimum Gasteiger partial charge on any atom is -0.503 e. The number of carbonyl (C=O) groups excluding carboxylic acids is 2. The Labute approximate surface area is 191 Å². The number of hydrogen-bond donors (Lipinski definition) is 2. The van der Waals surface area contributed by atoms with Crippen LogP contribution in [0.3, 0.4) is 0 Å². The molecule has 9 heteroatoms. The molecule has 0 radical (unpaired) electrons. The zero-order valence-corrected chi connectivity index (χ0v) is 19.5. The van der Waals surface area contributed by atoms with Crippen LogP contribution in [0.4, 0.5) is 0 Å². The van der Waals surface area contributed by atoms with E-state index in [0.29, 0.717) is 10.0 Å². The van der Waals surface area contributed by atoms with Crippen LogP contribution >= 0.6 is 23.2 Å². The molecule has 31 heavy (non-hydrogen) atoms. The van der Waals surface area contributed by atoms with Gasteiger partial charge in [0.1, 0.15) is 12.1 Å². The Hall–Kier alpha value is -2.51. The van der Waals surface area contributed by atoms with Gasteiger partial charge in [-0.1, -0.05) is 43.1 Å². The van der Waals surface area contributed by atoms with Crippen molar-refractivity contribution in [2.75, 3.05) is 7.11 Å². The van der Waals surface area contributed by atoms with Gasteiger partial charge in [0.2, 0.25) is 0 Å². The van der Waals surface area contributed by atoms with E-state index in [-0.39, 0.29) is 23.3 Å². The molecule has 1 heterocycles. The molecule has 0 bridgehead atoms. The number of methoxy groups -OCH3 is 1. The molecule has 0 aliphatic carbocycles. The van der Waals surface area contributed by atoms with Crippen molar-refractivity contribution in [3.63, 3.8) is 0 Å². The van der Waals surface area contributed by atoms with Gasteiger partial charge >= 0.3 is 5.97 Å². The summed E-state index contributed by atoms with van der Waals surface area (Å²) in [6.45, 7) is 7.27. The van der Waals surface area contributed by atoms with E-state index < -0.39 is 29.8 Å². The largest absolute Gasteiger partial charge is 0.503 e. The Balaban J connectivity index is 2.11. The lowest BCUT2D eigenvalue weighted by molar-refractivity contribution is -0.151. The van der Waals surface area contributed by atoms with Crippen molar-refractivity contribution in [2.24, 2.45) is 5.92 Å².